The predicted molar refractivity (Wildman–Crippen MR) is 81.8 cm³/mol. The molecule has 0 bridgehead atoms. The van der Waals surface area contributed by atoms with Crippen LogP contribution in [0.1, 0.15) is 16.5 Å². The first kappa shape index (κ1) is 12.2. The lowest BCUT2D eigenvalue weighted by molar-refractivity contribution is 0.737. The van der Waals surface area contributed by atoms with E-state index in [1.54, 1.807) is 22.7 Å². The molecule has 1 atom stereocenters. The summed E-state index contributed by atoms with van der Waals surface area (Å²) in [5, 5.41) is 2.89. The molecule has 0 saturated carbocycles. The van der Waals surface area contributed by atoms with E-state index in [4.69, 9.17) is 17.3 Å². The monoisotopic (exact) mass is 293 g/mol. The van der Waals surface area contributed by atoms with Crippen molar-refractivity contribution in [1.29, 1.82) is 0 Å². The molecule has 2 heterocycles. The van der Waals surface area contributed by atoms with Gasteiger partial charge in [0.05, 0.1) is 0 Å². The summed E-state index contributed by atoms with van der Waals surface area (Å²) in [6.45, 7) is 0. The Labute approximate surface area is 119 Å². The molecular formula is C14H12ClNS2. The number of benzene rings is 1. The van der Waals surface area contributed by atoms with E-state index in [1.807, 2.05) is 18.2 Å². The lowest BCUT2D eigenvalue weighted by Crippen LogP contribution is -2.11. The maximum absolute atomic E-state index is 6.27. The van der Waals surface area contributed by atoms with Crippen molar-refractivity contribution in [3.05, 3.63) is 57.2 Å². The average Bonchev–Trinajstić information content (AvgIpc) is 2.88. The molecule has 0 fully saturated rings. The van der Waals surface area contributed by atoms with Crippen LogP contribution in [0.3, 0.4) is 0 Å². The van der Waals surface area contributed by atoms with Gasteiger partial charge in [-0.3, -0.25) is 0 Å². The first-order valence-electron chi connectivity index (χ1n) is 5.69. The minimum absolute atomic E-state index is 0.0491. The maximum atomic E-state index is 6.27. The largest absolute Gasteiger partial charge is 0.323 e. The smallest absolute Gasteiger partial charge is 0.0454 e. The van der Waals surface area contributed by atoms with Crippen LogP contribution in [0.15, 0.2) is 41.8 Å². The minimum Gasteiger partial charge on any atom is -0.323 e. The van der Waals surface area contributed by atoms with Crippen LogP contribution < -0.4 is 5.73 Å². The molecule has 0 spiro atoms. The lowest BCUT2D eigenvalue weighted by atomic mass is 10.1. The van der Waals surface area contributed by atoms with Gasteiger partial charge in [0.1, 0.15) is 0 Å². The van der Waals surface area contributed by atoms with E-state index in [0.29, 0.717) is 0 Å². The zero-order valence-corrected chi connectivity index (χ0v) is 12.0. The summed E-state index contributed by atoms with van der Waals surface area (Å²) in [5.41, 5.74) is 7.46. The molecule has 1 aromatic carbocycles. The Morgan fingerprint density at radius 1 is 1.17 bits per heavy atom. The second kappa shape index (κ2) is 5.02. The summed E-state index contributed by atoms with van der Waals surface area (Å²) >= 11 is 9.54. The highest BCUT2D eigenvalue weighted by atomic mass is 35.5. The van der Waals surface area contributed by atoms with Gasteiger partial charge in [0, 0.05) is 25.3 Å². The fourth-order valence-corrected chi connectivity index (χ4v) is 4.32. The zero-order valence-electron chi connectivity index (χ0n) is 9.60. The van der Waals surface area contributed by atoms with Gasteiger partial charge in [-0.2, -0.15) is 0 Å². The van der Waals surface area contributed by atoms with Gasteiger partial charge >= 0.3 is 0 Å². The molecule has 2 aromatic heterocycles. The number of rotatable bonds is 3. The summed E-state index contributed by atoms with van der Waals surface area (Å²) in [6.07, 6.45) is 0.828. The molecule has 0 aliphatic rings. The van der Waals surface area contributed by atoms with Crippen molar-refractivity contribution < 1.29 is 0 Å². The number of nitrogens with two attached hydrogens (primary N) is 1. The highest BCUT2D eigenvalue weighted by Gasteiger charge is 2.11. The third-order valence-corrected chi connectivity index (χ3v) is 5.33. The Bertz CT molecular complexity index is 643. The predicted octanol–water partition coefficient (Wildman–Crippen LogP) is 4.86. The Morgan fingerprint density at radius 2 is 2.06 bits per heavy atom. The maximum Gasteiger partial charge on any atom is 0.0454 e. The van der Waals surface area contributed by atoms with Crippen molar-refractivity contribution in [1.82, 2.24) is 0 Å². The van der Waals surface area contributed by atoms with Crippen molar-refractivity contribution in [2.24, 2.45) is 5.73 Å². The number of thiophene rings is 2. The van der Waals surface area contributed by atoms with Crippen LogP contribution in [-0.2, 0) is 6.42 Å². The van der Waals surface area contributed by atoms with Gasteiger partial charge in [-0.25, -0.2) is 0 Å². The number of fused-ring (bicyclic) bond motifs is 1. The molecule has 1 nitrogen and oxygen atoms in total. The number of hydrogen-bond donors (Lipinski definition) is 1. The summed E-state index contributed by atoms with van der Waals surface area (Å²) in [6, 6.07) is 12.3. The molecule has 2 N–H and O–H groups in total. The van der Waals surface area contributed by atoms with Gasteiger partial charge in [-0.1, -0.05) is 23.7 Å². The molecule has 3 rings (SSSR count). The quantitative estimate of drug-likeness (QED) is 0.733. The van der Waals surface area contributed by atoms with Gasteiger partial charge < -0.3 is 5.73 Å². The van der Waals surface area contributed by atoms with Crippen LogP contribution in [0.5, 0.6) is 0 Å². The third kappa shape index (κ3) is 2.45. The van der Waals surface area contributed by atoms with E-state index in [2.05, 4.69) is 23.6 Å². The third-order valence-electron chi connectivity index (χ3n) is 2.87. The summed E-state index contributed by atoms with van der Waals surface area (Å²) < 4.78 is 2.66. The second-order valence-electron chi connectivity index (χ2n) is 4.24. The average molecular weight is 294 g/mol. The van der Waals surface area contributed by atoms with Gasteiger partial charge in [-0.05, 0) is 41.6 Å². The summed E-state index contributed by atoms with van der Waals surface area (Å²) in [7, 11) is 0. The Hall–Kier alpha value is -0.870. The van der Waals surface area contributed by atoms with Crippen LogP contribution in [0.2, 0.25) is 5.02 Å². The Kier molecular flexibility index (Phi) is 3.39. The van der Waals surface area contributed by atoms with Gasteiger partial charge in [0.25, 0.3) is 0 Å². The second-order valence-corrected chi connectivity index (χ2v) is 6.74. The summed E-state index contributed by atoms with van der Waals surface area (Å²) in [4.78, 5) is 1.25. The molecule has 0 radical (unpaired) electrons. The lowest BCUT2D eigenvalue weighted by Gasteiger charge is -2.09. The van der Waals surface area contributed by atoms with Crippen molar-refractivity contribution in [2.75, 3.05) is 0 Å². The van der Waals surface area contributed by atoms with Gasteiger partial charge in [0.15, 0.2) is 0 Å². The highest BCUT2D eigenvalue weighted by Crippen LogP contribution is 2.33. The van der Waals surface area contributed by atoms with Crippen LogP contribution >= 0.6 is 34.3 Å². The van der Waals surface area contributed by atoms with Crippen molar-refractivity contribution in [3.8, 4) is 0 Å². The molecule has 3 aromatic rings. The molecule has 18 heavy (non-hydrogen) atoms. The zero-order chi connectivity index (χ0) is 12.5. The first-order chi connectivity index (χ1) is 8.72. The number of hydrogen-bond acceptors (Lipinski definition) is 3. The molecule has 92 valence electrons. The molecule has 4 heteroatoms. The van der Waals surface area contributed by atoms with Gasteiger partial charge in [0.2, 0.25) is 0 Å². The normalized spacial score (nSPS) is 13.0. The molecule has 0 saturated heterocycles. The molecular weight excluding hydrogens is 282 g/mol. The molecule has 1 unspecified atom stereocenters. The van der Waals surface area contributed by atoms with Crippen LogP contribution in [0, 0.1) is 0 Å². The van der Waals surface area contributed by atoms with E-state index in [-0.39, 0.29) is 6.04 Å². The first-order valence-corrected chi connectivity index (χ1v) is 7.77. The van der Waals surface area contributed by atoms with E-state index >= 15 is 0 Å². The standard InChI is InChI=1S/C14H12ClNS2/c15-10-3-1-2-9(6-10)7-11(16)13-8-14-12(18-13)4-5-17-14/h1-6,8,11H,7,16H2. The molecule has 0 amide bonds. The Balaban J connectivity index is 1.82. The number of halogens is 1. The van der Waals surface area contributed by atoms with E-state index in [9.17, 15) is 0 Å². The molecule has 0 aliphatic carbocycles. The van der Waals surface area contributed by atoms with Crippen LogP contribution in [0.25, 0.3) is 9.40 Å². The SMILES string of the molecule is NC(Cc1cccc(Cl)c1)c1cc2sccc2s1. The van der Waals surface area contributed by atoms with Gasteiger partial charge in [-0.15, -0.1) is 22.7 Å². The topological polar surface area (TPSA) is 26.0 Å². The van der Waals surface area contributed by atoms with Crippen molar-refractivity contribution >= 4 is 43.7 Å². The van der Waals surface area contributed by atoms with E-state index in [0.717, 1.165) is 11.4 Å². The van der Waals surface area contributed by atoms with E-state index in [1.165, 1.54) is 19.8 Å². The molecule has 0 aliphatic heterocycles. The van der Waals surface area contributed by atoms with Crippen LogP contribution in [-0.4, -0.2) is 0 Å². The van der Waals surface area contributed by atoms with Crippen LogP contribution in [0.4, 0.5) is 0 Å². The van der Waals surface area contributed by atoms with Crippen molar-refractivity contribution in [3.63, 3.8) is 0 Å². The fourth-order valence-electron chi connectivity index (χ4n) is 1.99. The Morgan fingerprint density at radius 3 is 2.83 bits per heavy atom. The minimum atomic E-state index is 0.0491. The van der Waals surface area contributed by atoms with E-state index < -0.39 is 0 Å². The highest BCUT2D eigenvalue weighted by molar-refractivity contribution is 7.26. The fraction of sp³-hybridized carbons (Fsp3) is 0.143. The summed E-state index contributed by atoms with van der Waals surface area (Å²) in [5.74, 6) is 0. The van der Waals surface area contributed by atoms with Crippen molar-refractivity contribution in [2.45, 2.75) is 12.5 Å².